The van der Waals surface area contributed by atoms with E-state index in [-0.39, 0.29) is 11.8 Å². The molecule has 0 saturated carbocycles. The summed E-state index contributed by atoms with van der Waals surface area (Å²) in [5.74, 6) is 3.14. The maximum absolute atomic E-state index is 13.3. The van der Waals surface area contributed by atoms with Crippen LogP contribution in [-0.4, -0.2) is 125 Å². The molecular weight excluding hydrogens is 656 g/mol. The van der Waals surface area contributed by atoms with Gasteiger partial charge < -0.3 is 28.7 Å². The molecule has 2 saturated heterocycles. The molecule has 2 aliphatic rings. The second kappa shape index (κ2) is 17.0. The standard InChI is InChI=1S/C42H50N4O6/c1-30-39(51-4)27-36(28-40(30)52-5)32-9-13-34(14-10-32)42(48)46-23-19-44(20-24-46)16-6-15-43-17-21-45(22-18-43)41(47)33-11-7-31(8-12-33)35-25-37(49-2)29-38(26-35)50-3/h7-14,25-29H,6,15-24H2,1-5H3. The Morgan fingerprint density at radius 3 is 1.25 bits per heavy atom. The number of carbonyl (C=O) groups is 2. The lowest BCUT2D eigenvalue weighted by Crippen LogP contribution is -2.50. The van der Waals surface area contributed by atoms with Gasteiger partial charge in [-0.25, -0.2) is 0 Å². The lowest BCUT2D eigenvalue weighted by molar-refractivity contribution is 0.0606. The Kier molecular flexibility index (Phi) is 12.0. The molecule has 10 nitrogen and oxygen atoms in total. The Labute approximate surface area is 307 Å². The fourth-order valence-electron chi connectivity index (χ4n) is 7.07. The lowest BCUT2D eigenvalue weighted by atomic mass is 10.0. The first-order chi connectivity index (χ1) is 25.3. The molecule has 2 amide bonds. The zero-order chi connectivity index (χ0) is 36.6. The van der Waals surface area contributed by atoms with Crippen molar-refractivity contribution in [3.8, 4) is 45.3 Å². The predicted octanol–water partition coefficient (Wildman–Crippen LogP) is 5.97. The van der Waals surface area contributed by atoms with E-state index in [9.17, 15) is 9.59 Å². The first-order valence-electron chi connectivity index (χ1n) is 18.0. The number of ether oxygens (including phenoxy) is 4. The maximum Gasteiger partial charge on any atom is 0.253 e. The topological polar surface area (TPSA) is 84.0 Å². The van der Waals surface area contributed by atoms with Crippen LogP contribution in [0.3, 0.4) is 0 Å². The van der Waals surface area contributed by atoms with Crippen LogP contribution in [0.1, 0.15) is 32.7 Å². The molecule has 4 aromatic rings. The van der Waals surface area contributed by atoms with Crippen LogP contribution in [0.2, 0.25) is 0 Å². The Hall–Kier alpha value is -5.06. The first kappa shape index (κ1) is 36.7. The summed E-state index contributed by atoms with van der Waals surface area (Å²) in [6, 6.07) is 25.3. The van der Waals surface area contributed by atoms with Gasteiger partial charge in [0.05, 0.1) is 28.4 Å². The molecule has 52 heavy (non-hydrogen) atoms. The van der Waals surface area contributed by atoms with Gasteiger partial charge in [-0.2, -0.15) is 0 Å². The number of hydrogen-bond acceptors (Lipinski definition) is 8. The third kappa shape index (κ3) is 8.52. The van der Waals surface area contributed by atoms with Crippen molar-refractivity contribution in [1.82, 2.24) is 19.6 Å². The fraction of sp³-hybridized carbons (Fsp3) is 0.381. The van der Waals surface area contributed by atoms with Gasteiger partial charge in [0.2, 0.25) is 0 Å². The van der Waals surface area contributed by atoms with Gasteiger partial charge in [-0.3, -0.25) is 19.4 Å². The summed E-state index contributed by atoms with van der Waals surface area (Å²) in [5.41, 5.74) is 6.32. The summed E-state index contributed by atoms with van der Waals surface area (Å²) in [7, 11) is 6.59. The van der Waals surface area contributed by atoms with Crippen molar-refractivity contribution < 1.29 is 28.5 Å². The third-order valence-electron chi connectivity index (χ3n) is 10.3. The summed E-state index contributed by atoms with van der Waals surface area (Å²) in [5, 5.41) is 0. The van der Waals surface area contributed by atoms with Crippen LogP contribution in [0.15, 0.2) is 78.9 Å². The van der Waals surface area contributed by atoms with Crippen molar-refractivity contribution in [3.63, 3.8) is 0 Å². The first-order valence-corrected chi connectivity index (χ1v) is 18.0. The smallest absolute Gasteiger partial charge is 0.253 e. The molecular formula is C42H50N4O6. The minimum atomic E-state index is 0.0744. The predicted molar refractivity (Wildman–Crippen MR) is 204 cm³/mol. The van der Waals surface area contributed by atoms with Crippen LogP contribution >= 0.6 is 0 Å². The molecule has 0 aliphatic carbocycles. The number of rotatable bonds is 12. The molecule has 0 spiro atoms. The van der Waals surface area contributed by atoms with E-state index in [1.165, 1.54) is 0 Å². The van der Waals surface area contributed by atoms with Crippen LogP contribution in [-0.2, 0) is 0 Å². The zero-order valence-corrected chi connectivity index (χ0v) is 31.0. The third-order valence-corrected chi connectivity index (χ3v) is 10.3. The van der Waals surface area contributed by atoms with Gasteiger partial charge in [-0.05, 0) is 97.2 Å². The van der Waals surface area contributed by atoms with Crippen molar-refractivity contribution in [2.45, 2.75) is 13.3 Å². The Morgan fingerprint density at radius 1 is 0.500 bits per heavy atom. The number of amides is 2. The van der Waals surface area contributed by atoms with Crippen LogP contribution < -0.4 is 18.9 Å². The molecule has 4 aromatic carbocycles. The van der Waals surface area contributed by atoms with E-state index in [0.29, 0.717) is 11.1 Å². The van der Waals surface area contributed by atoms with Gasteiger partial charge in [0.15, 0.2) is 0 Å². The van der Waals surface area contributed by atoms with E-state index >= 15 is 0 Å². The molecule has 2 heterocycles. The quantitative estimate of drug-likeness (QED) is 0.178. The van der Waals surface area contributed by atoms with Crippen molar-refractivity contribution >= 4 is 11.8 Å². The highest BCUT2D eigenvalue weighted by atomic mass is 16.5. The lowest BCUT2D eigenvalue weighted by Gasteiger charge is -2.37. The van der Waals surface area contributed by atoms with Gasteiger partial charge in [-0.1, -0.05) is 24.3 Å². The van der Waals surface area contributed by atoms with Gasteiger partial charge in [-0.15, -0.1) is 0 Å². The highest BCUT2D eigenvalue weighted by molar-refractivity contribution is 5.95. The number of methoxy groups -OCH3 is 4. The number of carbonyl (C=O) groups excluding carboxylic acids is 2. The van der Waals surface area contributed by atoms with Gasteiger partial charge in [0, 0.05) is 75.1 Å². The van der Waals surface area contributed by atoms with E-state index in [4.69, 9.17) is 18.9 Å². The van der Waals surface area contributed by atoms with Crippen molar-refractivity contribution in [3.05, 3.63) is 95.6 Å². The van der Waals surface area contributed by atoms with Gasteiger partial charge >= 0.3 is 0 Å². The molecule has 0 N–H and O–H groups in total. The SMILES string of the molecule is COc1cc(OC)cc(-c2ccc(C(=O)N3CCN(CCCN4CCN(C(=O)c5ccc(-c6cc(OC)c(C)c(OC)c6)cc5)CC4)CC3)cc2)c1. The van der Waals surface area contributed by atoms with Crippen molar-refractivity contribution in [2.24, 2.45) is 0 Å². The molecule has 10 heteroatoms. The summed E-state index contributed by atoms with van der Waals surface area (Å²) >= 11 is 0. The number of piperazine rings is 2. The second-order valence-electron chi connectivity index (χ2n) is 13.4. The summed E-state index contributed by atoms with van der Waals surface area (Å²) in [6.07, 6.45) is 1.06. The minimum absolute atomic E-state index is 0.0744. The molecule has 0 unspecified atom stereocenters. The summed E-state index contributed by atoms with van der Waals surface area (Å²) < 4.78 is 21.9. The Morgan fingerprint density at radius 2 is 0.885 bits per heavy atom. The molecule has 0 atom stereocenters. The highest BCUT2D eigenvalue weighted by Crippen LogP contribution is 2.35. The largest absolute Gasteiger partial charge is 0.497 e. The average molecular weight is 707 g/mol. The molecule has 2 fully saturated rings. The molecule has 0 radical (unpaired) electrons. The van der Waals surface area contributed by atoms with Gasteiger partial charge in [0.1, 0.15) is 23.0 Å². The second-order valence-corrected chi connectivity index (χ2v) is 13.4. The number of benzene rings is 4. The minimum Gasteiger partial charge on any atom is -0.497 e. The highest BCUT2D eigenvalue weighted by Gasteiger charge is 2.24. The summed E-state index contributed by atoms with van der Waals surface area (Å²) in [4.78, 5) is 35.4. The molecule has 0 bridgehead atoms. The van der Waals surface area contributed by atoms with E-state index in [1.54, 1.807) is 28.4 Å². The van der Waals surface area contributed by atoms with Gasteiger partial charge in [0.25, 0.3) is 11.8 Å². The van der Waals surface area contributed by atoms with E-state index in [1.807, 2.05) is 95.6 Å². The van der Waals surface area contributed by atoms with Crippen molar-refractivity contribution in [1.29, 1.82) is 0 Å². The van der Waals surface area contributed by atoms with Crippen molar-refractivity contribution in [2.75, 3.05) is 93.9 Å². The van der Waals surface area contributed by atoms with Crippen LogP contribution in [0.4, 0.5) is 0 Å². The molecule has 2 aliphatic heterocycles. The zero-order valence-electron chi connectivity index (χ0n) is 31.0. The van der Waals surface area contributed by atoms with E-state index in [0.717, 1.165) is 123 Å². The Bertz CT molecular complexity index is 1780. The normalized spacial score (nSPS) is 15.3. The molecule has 0 aromatic heterocycles. The van der Waals surface area contributed by atoms with E-state index < -0.39 is 0 Å². The Balaban J connectivity index is 0.911. The van der Waals surface area contributed by atoms with E-state index in [2.05, 4.69) is 9.80 Å². The molecule has 6 rings (SSSR count). The summed E-state index contributed by atoms with van der Waals surface area (Å²) in [6.45, 7) is 10.4. The number of hydrogen-bond donors (Lipinski definition) is 0. The van der Waals surface area contributed by atoms with Crippen LogP contribution in [0, 0.1) is 6.92 Å². The van der Waals surface area contributed by atoms with Crippen LogP contribution in [0.5, 0.6) is 23.0 Å². The average Bonchev–Trinajstić information content (AvgIpc) is 3.20. The van der Waals surface area contributed by atoms with Crippen LogP contribution in [0.25, 0.3) is 22.3 Å². The maximum atomic E-state index is 13.3. The number of nitrogens with zero attached hydrogens (tertiary/aromatic N) is 4. The monoisotopic (exact) mass is 706 g/mol. The molecule has 274 valence electrons. The fourth-order valence-corrected chi connectivity index (χ4v) is 7.07.